The minimum absolute atomic E-state index is 0.0221. The molecule has 0 saturated carbocycles. The standard InChI is InChI=1S/C30H56NO10P/c1-5-6-7-8-9-10-11-12-13-14-15-16-17-21-29(34)38-25-27(41-30(35)22-19-18-20-28(32)33)26-40-42(36,37)39-24-23-31(2,3)4/h18,20,27H,5-17,19,21-26H2,1-4H3,(H-,32,33,36,37)/p+1/b20-18+/t27-/m1/s1. The molecule has 2 N–H and O–H groups in total. The number of allylic oxidation sites excluding steroid dienone is 1. The summed E-state index contributed by atoms with van der Waals surface area (Å²) in [5.74, 6) is -2.27. The Morgan fingerprint density at radius 2 is 1.33 bits per heavy atom. The van der Waals surface area contributed by atoms with Crippen molar-refractivity contribution in [2.75, 3.05) is 47.5 Å². The van der Waals surface area contributed by atoms with E-state index in [0.717, 1.165) is 25.3 Å². The van der Waals surface area contributed by atoms with E-state index in [1.165, 1.54) is 63.9 Å². The van der Waals surface area contributed by atoms with Gasteiger partial charge in [0.15, 0.2) is 6.10 Å². The summed E-state index contributed by atoms with van der Waals surface area (Å²) < 4.78 is 33.3. The van der Waals surface area contributed by atoms with Gasteiger partial charge in [0.1, 0.15) is 19.8 Å². The second kappa shape index (κ2) is 24.6. The minimum atomic E-state index is -4.42. The van der Waals surface area contributed by atoms with Crippen molar-refractivity contribution in [3.63, 3.8) is 0 Å². The topological polar surface area (TPSA) is 146 Å². The van der Waals surface area contributed by atoms with Crippen LogP contribution < -0.4 is 0 Å². The van der Waals surface area contributed by atoms with Crippen molar-refractivity contribution in [2.24, 2.45) is 0 Å². The van der Waals surface area contributed by atoms with Gasteiger partial charge in [-0.2, -0.15) is 0 Å². The molecule has 1 unspecified atom stereocenters. The smallest absolute Gasteiger partial charge is 0.472 e. The number of carboxylic acid groups (broad SMARTS) is 1. The fourth-order valence-electron chi connectivity index (χ4n) is 3.94. The van der Waals surface area contributed by atoms with Crippen molar-refractivity contribution in [2.45, 2.75) is 116 Å². The van der Waals surface area contributed by atoms with Crippen molar-refractivity contribution in [1.29, 1.82) is 0 Å². The van der Waals surface area contributed by atoms with Crippen LogP contribution in [0, 0.1) is 0 Å². The molecule has 246 valence electrons. The number of esters is 2. The highest BCUT2D eigenvalue weighted by Crippen LogP contribution is 2.43. The Hall–Kier alpha value is -1.78. The Balaban J connectivity index is 4.40. The van der Waals surface area contributed by atoms with Crippen LogP contribution >= 0.6 is 7.82 Å². The van der Waals surface area contributed by atoms with Crippen molar-refractivity contribution < 1.29 is 52.0 Å². The van der Waals surface area contributed by atoms with Gasteiger partial charge in [-0.05, 0) is 12.8 Å². The van der Waals surface area contributed by atoms with E-state index in [9.17, 15) is 23.8 Å². The Morgan fingerprint density at radius 1 is 0.786 bits per heavy atom. The number of quaternary nitrogens is 1. The number of carbonyl (C=O) groups is 3. The average Bonchev–Trinajstić information content (AvgIpc) is 2.90. The van der Waals surface area contributed by atoms with Crippen LogP contribution in [0.4, 0.5) is 0 Å². The molecule has 42 heavy (non-hydrogen) atoms. The Morgan fingerprint density at radius 3 is 1.86 bits per heavy atom. The lowest BCUT2D eigenvalue weighted by molar-refractivity contribution is -0.870. The van der Waals surface area contributed by atoms with Crippen LogP contribution in [0.1, 0.15) is 110 Å². The number of hydrogen-bond acceptors (Lipinski definition) is 8. The summed E-state index contributed by atoms with van der Waals surface area (Å²) >= 11 is 0. The molecule has 0 radical (unpaired) electrons. The predicted molar refractivity (Wildman–Crippen MR) is 162 cm³/mol. The van der Waals surface area contributed by atoms with Gasteiger partial charge in [-0.25, -0.2) is 9.36 Å². The van der Waals surface area contributed by atoms with Crippen molar-refractivity contribution in [3.05, 3.63) is 12.2 Å². The first-order chi connectivity index (χ1) is 19.8. The van der Waals surface area contributed by atoms with E-state index in [0.29, 0.717) is 17.4 Å². The highest BCUT2D eigenvalue weighted by molar-refractivity contribution is 7.47. The van der Waals surface area contributed by atoms with Crippen LogP contribution in [0.5, 0.6) is 0 Å². The van der Waals surface area contributed by atoms with Crippen LogP contribution in [-0.2, 0) is 37.5 Å². The van der Waals surface area contributed by atoms with E-state index in [1.54, 1.807) is 0 Å². The molecule has 12 heteroatoms. The number of hydrogen-bond donors (Lipinski definition) is 2. The van der Waals surface area contributed by atoms with Crippen LogP contribution in [-0.4, -0.2) is 86.0 Å². The Labute approximate surface area is 253 Å². The molecule has 11 nitrogen and oxygen atoms in total. The lowest BCUT2D eigenvalue weighted by Crippen LogP contribution is -2.37. The molecule has 0 spiro atoms. The maximum atomic E-state index is 12.2. The maximum absolute atomic E-state index is 12.2. The van der Waals surface area contributed by atoms with Crippen LogP contribution in [0.25, 0.3) is 0 Å². The normalized spacial score (nSPS) is 14.0. The largest absolute Gasteiger partial charge is 0.478 e. The molecule has 2 atom stereocenters. The molecule has 0 fully saturated rings. The minimum Gasteiger partial charge on any atom is -0.478 e. The third-order valence-corrected chi connectivity index (χ3v) is 7.41. The molecule has 0 aromatic carbocycles. The summed E-state index contributed by atoms with van der Waals surface area (Å²) in [7, 11) is 1.29. The van der Waals surface area contributed by atoms with E-state index in [-0.39, 0.29) is 32.5 Å². The zero-order valence-electron chi connectivity index (χ0n) is 26.4. The van der Waals surface area contributed by atoms with Gasteiger partial charge in [-0.15, -0.1) is 0 Å². The predicted octanol–water partition coefficient (Wildman–Crippen LogP) is 6.18. The van der Waals surface area contributed by atoms with Gasteiger partial charge in [0.2, 0.25) is 0 Å². The number of carbonyl (C=O) groups excluding carboxylic acids is 2. The number of phosphoric acid groups is 1. The van der Waals surface area contributed by atoms with Gasteiger partial charge in [0.25, 0.3) is 0 Å². The fraction of sp³-hybridized carbons (Fsp3) is 0.833. The number of likely N-dealkylation sites (N-methyl/N-ethyl adjacent to an activating group) is 1. The molecule has 0 rings (SSSR count). The van der Waals surface area contributed by atoms with Gasteiger partial charge in [-0.3, -0.25) is 18.6 Å². The first-order valence-electron chi connectivity index (χ1n) is 15.5. The van der Waals surface area contributed by atoms with Gasteiger partial charge in [0, 0.05) is 18.9 Å². The Kier molecular flexibility index (Phi) is 23.6. The number of phosphoric ester groups is 1. The summed E-state index contributed by atoms with van der Waals surface area (Å²) in [6.45, 7) is 1.82. The molecular weight excluding hydrogens is 565 g/mol. The first-order valence-corrected chi connectivity index (χ1v) is 17.0. The highest BCUT2D eigenvalue weighted by atomic mass is 31.2. The molecule has 0 aliphatic rings. The molecule has 0 aliphatic carbocycles. The second-order valence-electron chi connectivity index (χ2n) is 11.7. The van der Waals surface area contributed by atoms with Crippen LogP contribution in [0.2, 0.25) is 0 Å². The number of aliphatic carboxylic acids is 1. The maximum Gasteiger partial charge on any atom is 0.472 e. The average molecular weight is 623 g/mol. The van der Waals surface area contributed by atoms with Crippen LogP contribution in [0.15, 0.2) is 12.2 Å². The summed E-state index contributed by atoms with van der Waals surface area (Å²) in [4.78, 5) is 45.0. The highest BCUT2D eigenvalue weighted by Gasteiger charge is 2.27. The number of rotatable bonds is 28. The van der Waals surface area contributed by atoms with Gasteiger partial charge in [0.05, 0.1) is 27.7 Å². The lowest BCUT2D eigenvalue weighted by Gasteiger charge is -2.24. The molecule has 0 amide bonds. The van der Waals surface area contributed by atoms with Gasteiger partial charge < -0.3 is 24.0 Å². The van der Waals surface area contributed by atoms with Gasteiger partial charge in [-0.1, -0.05) is 90.0 Å². The van der Waals surface area contributed by atoms with E-state index in [4.69, 9.17) is 23.6 Å². The van der Waals surface area contributed by atoms with Crippen molar-refractivity contribution in [3.8, 4) is 0 Å². The molecule has 0 aromatic heterocycles. The van der Waals surface area contributed by atoms with E-state index < -0.39 is 38.4 Å². The molecule has 0 aromatic rings. The number of carboxylic acids is 1. The van der Waals surface area contributed by atoms with E-state index in [1.807, 2.05) is 21.1 Å². The molecular formula is C30H57NO10P+. The zero-order chi connectivity index (χ0) is 31.7. The summed E-state index contributed by atoms with van der Waals surface area (Å²) in [5, 5.41) is 8.64. The monoisotopic (exact) mass is 622 g/mol. The molecule has 0 aliphatic heterocycles. The zero-order valence-corrected chi connectivity index (χ0v) is 27.3. The fourth-order valence-corrected chi connectivity index (χ4v) is 4.68. The van der Waals surface area contributed by atoms with Crippen molar-refractivity contribution >= 4 is 25.7 Å². The van der Waals surface area contributed by atoms with E-state index in [2.05, 4.69) is 6.92 Å². The number of ether oxygens (including phenoxy) is 2. The summed E-state index contributed by atoms with van der Waals surface area (Å²) in [6.07, 6.45) is 16.9. The second-order valence-corrected chi connectivity index (χ2v) is 13.1. The molecule has 0 heterocycles. The SMILES string of the molecule is CCCCCCCCCCCCCCCC(=O)OC[C@H](COP(=O)(O)OCC[N+](C)(C)C)OC(=O)CC/C=C/C(=O)O. The van der Waals surface area contributed by atoms with Crippen molar-refractivity contribution in [1.82, 2.24) is 0 Å². The number of nitrogens with zero attached hydrogens (tertiary/aromatic N) is 1. The molecule has 0 bridgehead atoms. The summed E-state index contributed by atoms with van der Waals surface area (Å²) in [6, 6.07) is 0. The van der Waals surface area contributed by atoms with Gasteiger partial charge >= 0.3 is 25.7 Å². The lowest BCUT2D eigenvalue weighted by atomic mass is 10.0. The Bertz CT molecular complexity index is 812. The number of unbranched alkanes of at least 4 members (excludes halogenated alkanes) is 12. The quantitative estimate of drug-likeness (QED) is 0.0341. The third-order valence-electron chi connectivity index (χ3n) is 6.43. The molecule has 0 saturated heterocycles. The first kappa shape index (κ1) is 40.2. The summed E-state index contributed by atoms with van der Waals surface area (Å²) in [5.41, 5.74) is 0. The third kappa shape index (κ3) is 28.3. The van der Waals surface area contributed by atoms with E-state index >= 15 is 0 Å². The van der Waals surface area contributed by atoms with Crippen LogP contribution in [0.3, 0.4) is 0 Å².